The quantitative estimate of drug-likeness (QED) is 0.851. The molecule has 3 rings (SSSR count). The zero-order chi connectivity index (χ0) is 17.5. The summed E-state index contributed by atoms with van der Waals surface area (Å²) in [5.74, 6) is 0. The molecular weight excluding hydrogens is 304 g/mol. The maximum absolute atomic E-state index is 12.0. The van der Waals surface area contributed by atoms with Crippen LogP contribution in [0.4, 0.5) is 4.79 Å². The molecule has 1 N–H and O–H groups in total. The molecule has 1 aromatic carbocycles. The Morgan fingerprint density at radius 2 is 2.08 bits per heavy atom. The lowest BCUT2D eigenvalue weighted by Crippen LogP contribution is -2.42. The number of benzene rings is 1. The lowest BCUT2D eigenvalue weighted by molar-refractivity contribution is 0.0773. The highest BCUT2D eigenvalue weighted by molar-refractivity contribution is 5.89. The van der Waals surface area contributed by atoms with Crippen LogP contribution in [0.2, 0.25) is 0 Å². The Bertz CT molecular complexity index is 791. The normalized spacial score (nSPS) is 16.0. The minimum Gasteiger partial charge on any atom is -0.465 e. The van der Waals surface area contributed by atoms with Gasteiger partial charge >= 0.3 is 6.09 Å². The zero-order valence-electron chi connectivity index (χ0n) is 14.2. The van der Waals surface area contributed by atoms with Gasteiger partial charge in [0.15, 0.2) is 0 Å². The molecule has 24 heavy (non-hydrogen) atoms. The standard InChI is InChI=1S/C19H22N2O3/c1-19(2,3)17(21(18(23)24)14-6-7-14)15-10-12(11-22)9-13-5-4-8-20-16(13)15/h4-5,8-11,14,17H,6-7H2,1-3H3,(H,23,24). The molecule has 1 fully saturated rings. The summed E-state index contributed by atoms with van der Waals surface area (Å²) in [5.41, 5.74) is 1.78. The van der Waals surface area contributed by atoms with Gasteiger partial charge in [0, 0.05) is 28.8 Å². The van der Waals surface area contributed by atoms with Crippen molar-refractivity contribution >= 4 is 23.3 Å². The number of carbonyl (C=O) groups is 2. The molecule has 1 amide bonds. The summed E-state index contributed by atoms with van der Waals surface area (Å²) in [6.45, 7) is 6.08. The summed E-state index contributed by atoms with van der Waals surface area (Å²) in [6, 6.07) is 6.99. The predicted molar refractivity (Wildman–Crippen MR) is 92.2 cm³/mol. The average Bonchev–Trinajstić information content (AvgIpc) is 3.34. The Hall–Kier alpha value is -2.43. The summed E-state index contributed by atoms with van der Waals surface area (Å²) in [5, 5.41) is 10.7. The summed E-state index contributed by atoms with van der Waals surface area (Å²) in [7, 11) is 0. The van der Waals surface area contributed by atoms with Crippen molar-refractivity contribution in [1.29, 1.82) is 0 Å². The van der Waals surface area contributed by atoms with E-state index in [1.165, 1.54) is 0 Å². The molecule has 1 aliphatic rings. The van der Waals surface area contributed by atoms with Crippen LogP contribution >= 0.6 is 0 Å². The van der Waals surface area contributed by atoms with Crippen molar-refractivity contribution in [3.8, 4) is 0 Å². The van der Waals surface area contributed by atoms with Gasteiger partial charge in [-0.15, -0.1) is 0 Å². The van der Waals surface area contributed by atoms with Crippen LogP contribution in [0.1, 0.15) is 55.6 Å². The summed E-state index contributed by atoms with van der Waals surface area (Å²) >= 11 is 0. The van der Waals surface area contributed by atoms with Crippen LogP contribution in [-0.4, -0.2) is 33.4 Å². The van der Waals surface area contributed by atoms with Gasteiger partial charge in [0.25, 0.3) is 0 Å². The van der Waals surface area contributed by atoms with E-state index < -0.39 is 6.09 Å². The second-order valence-electron chi connectivity index (χ2n) is 7.49. The fraction of sp³-hybridized carbons (Fsp3) is 0.421. The third kappa shape index (κ3) is 2.98. The molecule has 0 radical (unpaired) electrons. The first kappa shape index (κ1) is 16.4. The van der Waals surface area contributed by atoms with E-state index in [4.69, 9.17) is 0 Å². The lowest BCUT2D eigenvalue weighted by atomic mass is 9.80. The molecule has 1 heterocycles. The number of carboxylic acid groups (broad SMARTS) is 1. The summed E-state index contributed by atoms with van der Waals surface area (Å²) in [6.07, 6.45) is 3.36. The van der Waals surface area contributed by atoms with E-state index in [0.29, 0.717) is 5.56 Å². The summed E-state index contributed by atoms with van der Waals surface area (Å²) < 4.78 is 0. The monoisotopic (exact) mass is 326 g/mol. The second-order valence-corrected chi connectivity index (χ2v) is 7.49. The minimum atomic E-state index is -0.919. The number of fused-ring (bicyclic) bond motifs is 1. The van der Waals surface area contributed by atoms with E-state index in [0.717, 1.165) is 35.6 Å². The van der Waals surface area contributed by atoms with E-state index in [1.807, 2.05) is 32.9 Å². The van der Waals surface area contributed by atoms with Gasteiger partial charge in [-0.05, 0) is 36.5 Å². The molecule has 126 valence electrons. The fourth-order valence-electron chi connectivity index (χ4n) is 3.38. The van der Waals surface area contributed by atoms with Gasteiger partial charge in [-0.25, -0.2) is 4.79 Å². The van der Waals surface area contributed by atoms with E-state index >= 15 is 0 Å². The van der Waals surface area contributed by atoms with Crippen LogP contribution in [0.5, 0.6) is 0 Å². The molecule has 0 spiro atoms. The second kappa shape index (κ2) is 5.89. The van der Waals surface area contributed by atoms with Crippen LogP contribution in [0.3, 0.4) is 0 Å². The van der Waals surface area contributed by atoms with Gasteiger partial charge in [-0.3, -0.25) is 14.7 Å². The van der Waals surface area contributed by atoms with Crippen molar-refractivity contribution in [1.82, 2.24) is 9.88 Å². The third-order valence-electron chi connectivity index (χ3n) is 4.45. The van der Waals surface area contributed by atoms with Crippen molar-refractivity contribution in [2.24, 2.45) is 5.41 Å². The van der Waals surface area contributed by atoms with Crippen molar-refractivity contribution < 1.29 is 14.7 Å². The number of aldehydes is 1. The van der Waals surface area contributed by atoms with Gasteiger partial charge in [-0.1, -0.05) is 26.8 Å². The van der Waals surface area contributed by atoms with E-state index in [9.17, 15) is 14.7 Å². The number of carbonyl (C=O) groups excluding carboxylic acids is 1. The highest BCUT2D eigenvalue weighted by atomic mass is 16.4. The summed E-state index contributed by atoms with van der Waals surface area (Å²) in [4.78, 5) is 29.4. The van der Waals surface area contributed by atoms with E-state index in [2.05, 4.69) is 4.98 Å². The zero-order valence-corrected chi connectivity index (χ0v) is 14.2. The van der Waals surface area contributed by atoms with Crippen molar-refractivity contribution in [3.05, 3.63) is 41.6 Å². The molecule has 5 heteroatoms. The van der Waals surface area contributed by atoms with E-state index in [1.54, 1.807) is 23.2 Å². The largest absolute Gasteiger partial charge is 0.465 e. The van der Waals surface area contributed by atoms with Crippen LogP contribution in [0.15, 0.2) is 30.5 Å². The van der Waals surface area contributed by atoms with E-state index in [-0.39, 0.29) is 17.5 Å². The van der Waals surface area contributed by atoms with Crippen molar-refractivity contribution in [2.75, 3.05) is 0 Å². The first-order valence-electron chi connectivity index (χ1n) is 8.18. The molecule has 0 aliphatic heterocycles. The molecule has 1 atom stereocenters. The Labute approximate surface area is 141 Å². The third-order valence-corrected chi connectivity index (χ3v) is 4.45. The van der Waals surface area contributed by atoms with Gasteiger partial charge in [0.05, 0.1) is 11.6 Å². The highest BCUT2D eigenvalue weighted by Gasteiger charge is 2.43. The Morgan fingerprint density at radius 3 is 2.62 bits per heavy atom. The van der Waals surface area contributed by atoms with Crippen LogP contribution in [0.25, 0.3) is 10.9 Å². The smallest absolute Gasteiger partial charge is 0.408 e. The molecule has 1 unspecified atom stereocenters. The number of aromatic nitrogens is 1. The van der Waals surface area contributed by atoms with Gasteiger partial charge in [0.1, 0.15) is 6.29 Å². The van der Waals surface area contributed by atoms with Gasteiger partial charge in [0.2, 0.25) is 0 Å². The van der Waals surface area contributed by atoms with Gasteiger partial charge < -0.3 is 5.11 Å². The SMILES string of the molecule is CC(C)(C)C(c1cc(C=O)cc2cccnc12)N(C(=O)O)C1CC1. The Balaban J connectivity index is 2.26. The average molecular weight is 326 g/mol. The topological polar surface area (TPSA) is 70.5 Å². The molecule has 2 aromatic rings. The minimum absolute atomic E-state index is 0.0466. The van der Waals surface area contributed by atoms with Gasteiger partial charge in [-0.2, -0.15) is 0 Å². The van der Waals surface area contributed by atoms with Crippen LogP contribution in [0, 0.1) is 5.41 Å². The number of hydrogen-bond acceptors (Lipinski definition) is 3. The fourth-order valence-corrected chi connectivity index (χ4v) is 3.38. The number of rotatable bonds is 4. The number of amides is 1. The number of hydrogen-bond donors (Lipinski definition) is 1. The first-order valence-corrected chi connectivity index (χ1v) is 8.18. The molecule has 5 nitrogen and oxygen atoms in total. The first-order chi connectivity index (χ1) is 11.3. The molecule has 1 aliphatic carbocycles. The molecule has 1 saturated carbocycles. The Morgan fingerprint density at radius 1 is 1.38 bits per heavy atom. The van der Waals surface area contributed by atoms with Crippen molar-refractivity contribution in [3.63, 3.8) is 0 Å². The maximum Gasteiger partial charge on any atom is 0.408 e. The number of nitrogens with zero attached hydrogens (tertiary/aromatic N) is 2. The molecule has 1 aromatic heterocycles. The molecular formula is C19H22N2O3. The number of pyridine rings is 1. The predicted octanol–water partition coefficient (Wildman–Crippen LogP) is 4.28. The highest BCUT2D eigenvalue weighted by Crippen LogP contribution is 2.45. The van der Waals surface area contributed by atoms with Crippen LogP contribution in [-0.2, 0) is 0 Å². The molecule has 0 bridgehead atoms. The molecule has 0 saturated heterocycles. The Kier molecular flexibility index (Phi) is 4.03. The van der Waals surface area contributed by atoms with Crippen LogP contribution < -0.4 is 0 Å². The lowest BCUT2D eigenvalue weighted by Gasteiger charge is -2.39. The maximum atomic E-state index is 12.0. The van der Waals surface area contributed by atoms with Crippen molar-refractivity contribution in [2.45, 2.75) is 45.7 Å².